The Morgan fingerprint density at radius 2 is 1.77 bits per heavy atom. The first kappa shape index (κ1) is 19.8. The Hall–Kier alpha value is -2.53. The van der Waals surface area contributed by atoms with E-state index in [1.54, 1.807) is 7.11 Å². The summed E-state index contributed by atoms with van der Waals surface area (Å²) in [6, 6.07) is 14.9. The molecule has 0 aromatic heterocycles. The first-order valence-electron chi connectivity index (χ1n) is 8.83. The molecule has 3 N–H and O–H groups in total. The number of carbonyl (C=O) groups is 1. The van der Waals surface area contributed by atoms with Gasteiger partial charge in [0.05, 0.1) is 19.2 Å². The summed E-state index contributed by atoms with van der Waals surface area (Å²) in [5.74, 6) is 1.23. The van der Waals surface area contributed by atoms with Gasteiger partial charge in [-0.05, 0) is 36.1 Å². The Morgan fingerprint density at radius 1 is 1.08 bits per heavy atom. The minimum atomic E-state index is -0.521. The smallest absolute Gasteiger partial charge is 0.237 e. The normalized spacial score (nSPS) is 13.2. The van der Waals surface area contributed by atoms with E-state index in [0.717, 1.165) is 11.1 Å². The maximum absolute atomic E-state index is 12.2. The molecule has 0 aliphatic heterocycles. The van der Waals surface area contributed by atoms with Crippen LogP contribution in [-0.4, -0.2) is 19.1 Å². The number of benzene rings is 2. The molecule has 140 valence electrons. The summed E-state index contributed by atoms with van der Waals surface area (Å²) in [4.78, 5) is 12.2. The highest BCUT2D eigenvalue weighted by Crippen LogP contribution is 2.31. The fraction of sp³-hybridized carbons (Fsp3) is 0.381. The summed E-state index contributed by atoms with van der Waals surface area (Å²) in [6.45, 7) is 6.24. The van der Waals surface area contributed by atoms with Crippen LogP contribution in [0.3, 0.4) is 0 Å². The van der Waals surface area contributed by atoms with Crippen LogP contribution in [0.5, 0.6) is 11.5 Å². The number of carbonyl (C=O) groups excluding carboxylic acids is 1. The second kappa shape index (κ2) is 9.25. The zero-order valence-electron chi connectivity index (χ0n) is 15.9. The number of methoxy groups -OCH3 is 1. The molecule has 5 heteroatoms. The number of rotatable bonds is 8. The molecule has 26 heavy (non-hydrogen) atoms. The summed E-state index contributed by atoms with van der Waals surface area (Å²) in [5.41, 5.74) is 7.92. The van der Waals surface area contributed by atoms with Crippen molar-refractivity contribution in [2.75, 3.05) is 7.11 Å². The Kier molecular flexibility index (Phi) is 7.04. The molecular formula is C21H28N2O3. The first-order chi connectivity index (χ1) is 12.4. The molecule has 5 nitrogen and oxygen atoms in total. The van der Waals surface area contributed by atoms with Crippen molar-refractivity contribution in [3.63, 3.8) is 0 Å². The molecule has 2 aromatic carbocycles. The number of ether oxygens (including phenoxy) is 2. The Morgan fingerprint density at radius 3 is 2.38 bits per heavy atom. The maximum Gasteiger partial charge on any atom is 0.237 e. The van der Waals surface area contributed by atoms with Gasteiger partial charge >= 0.3 is 0 Å². The van der Waals surface area contributed by atoms with Crippen LogP contribution in [0.2, 0.25) is 0 Å². The van der Waals surface area contributed by atoms with Crippen molar-refractivity contribution >= 4 is 5.91 Å². The third kappa shape index (κ3) is 5.23. The van der Waals surface area contributed by atoms with Crippen molar-refractivity contribution in [1.82, 2.24) is 5.32 Å². The Balaban J connectivity index is 2.06. The molecule has 0 bridgehead atoms. The number of amides is 1. The van der Waals surface area contributed by atoms with E-state index in [4.69, 9.17) is 15.2 Å². The van der Waals surface area contributed by atoms with Crippen LogP contribution < -0.4 is 20.5 Å². The Labute approximate surface area is 155 Å². The monoisotopic (exact) mass is 356 g/mol. The van der Waals surface area contributed by atoms with Gasteiger partial charge in [-0.15, -0.1) is 0 Å². The van der Waals surface area contributed by atoms with E-state index in [1.165, 1.54) is 0 Å². The van der Waals surface area contributed by atoms with Gasteiger partial charge in [-0.2, -0.15) is 0 Å². The van der Waals surface area contributed by atoms with Crippen molar-refractivity contribution in [2.45, 2.75) is 39.5 Å². The first-order valence-corrected chi connectivity index (χ1v) is 8.83. The summed E-state index contributed by atoms with van der Waals surface area (Å²) in [6.07, 6.45) is 0. The minimum absolute atomic E-state index is 0.0884. The lowest BCUT2D eigenvalue weighted by molar-refractivity contribution is -0.123. The third-order valence-electron chi connectivity index (χ3n) is 4.30. The fourth-order valence-electron chi connectivity index (χ4n) is 2.50. The standard InChI is InChI=1S/C21H28N2O3/c1-14(2)20(22)21(24)23-15(3)17-10-11-18(19(12-17)25-4)26-13-16-8-6-5-7-9-16/h5-12,14-15,20H,13,22H2,1-4H3,(H,23,24)/t15?,20-/m0/s1. The van der Waals surface area contributed by atoms with E-state index in [9.17, 15) is 4.79 Å². The molecule has 0 aliphatic carbocycles. The minimum Gasteiger partial charge on any atom is -0.493 e. The zero-order chi connectivity index (χ0) is 19.1. The Bertz CT molecular complexity index is 716. The zero-order valence-corrected chi connectivity index (χ0v) is 15.9. The van der Waals surface area contributed by atoms with Crippen LogP contribution in [0.15, 0.2) is 48.5 Å². The summed E-state index contributed by atoms with van der Waals surface area (Å²) < 4.78 is 11.3. The van der Waals surface area contributed by atoms with Crippen molar-refractivity contribution < 1.29 is 14.3 Å². The van der Waals surface area contributed by atoms with Gasteiger partial charge in [0.1, 0.15) is 6.61 Å². The third-order valence-corrected chi connectivity index (χ3v) is 4.30. The number of hydrogen-bond acceptors (Lipinski definition) is 4. The van der Waals surface area contributed by atoms with Gasteiger partial charge in [-0.25, -0.2) is 0 Å². The highest BCUT2D eigenvalue weighted by molar-refractivity contribution is 5.82. The highest BCUT2D eigenvalue weighted by atomic mass is 16.5. The van der Waals surface area contributed by atoms with Crippen molar-refractivity contribution in [3.8, 4) is 11.5 Å². The summed E-state index contributed by atoms with van der Waals surface area (Å²) >= 11 is 0. The van der Waals surface area contributed by atoms with Crippen LogP contribution in [0, 0.1) is 5.92 Å². The topological polar surface area (TPSA) is 73.6 Å². The average molecular weight is 356 g/mol. The molecular weight excluding hydrogens is 328 g/mol. The predicted molar refractivity (Wildman–Crippen MR) is 103 cm³/mol. The van der Waals surface area contributed by atoms with Crippen LogP contribution in [0.4, 0.5) is 0 Å². The molecule has 2 aromatic rings. The van der Waals surface area contributed by atoms with Gasteiger partial charge in [-0.3, -0.25) is 4.79 Å². The van der Waals surface area contributed by atoms with E-state index in [-0.39, 0.29) is 17.9 Å². The molecule has 2 atom stereocenters. The predicted octanol–water partition coefficient (Wildman–Crippen LogP) is 3.43. The van der Waals surface area contributed by atoms with E-state index in [0.29, 0.717) is 18.1 Å². The van der Waals surface area contributed by atoms with E-state index >= 15 is 0 Å². The van der Waals surface area contributed by atoms with Gasteiger partial charge in [0, 0.05) is 0 Å². The lowest BCUT2D eigenvalue weighted by atomic mass is 10.0. The SMILES string of the molecule is COc1cc(C(C)NC(=O)[C@@H](N)C(C)C)ccc1OCc1ccccc1. The number of nitrogens with two attached hydrogens (primary N) is 1. The molecule has 1 amide bonds. The lowest BCUT2D eigenvalue weighted by Gasteiger charge is -2.21. The van der Waals surface area contributed by atoms with Crippen molar-refractivity contribution in [3.05, 3.63) is 59.7 Å². The maximum atomic E-state index is 12.2. The van der Waals surface area contributed by atoms with Gasteiger partial charge in [-0.1, -0.05) is 50.2 Å². The molecule has 0 saturated carbocycles. The largest absolute Gasteiger partial charge is 0.493 e. The molecule has 0 saturated heterocycles. The van der Waals surface area contributed by atoms with E-state index in [1.807, 2.05) is 69.3 Å². The van der Waals surface area contributed by atoms with Gasteiger partial charge in [0.15, 0.2) is 11.5 Å². The van der Waals surface area contributed by atoms with Crippen molar-refractivity contribution in [2.24, 2.45) is 11.7 Å². The van der Waals surface area contributed by atoms with E-state index < -0.39 is 6.04 Å². The molecule has 1 unspecified atom stereocenters. The molecule has 0 heterocycles. The second-order valence-corrected chi connectivity index (χ2v) is 6.68. The molecule has 0 fully saturated rings. The van der Waals surface area contributed by atoms with Crippen LogP contribution in [0.25, 0.3) is 0 Å². The van der Waals surface area contributed by atoms with Gasteiger partial charge < -0.3 is 20.5 Å². The quantitative estimate of drug-likeness (QED) is 0.760. The van der Waals surface area contributed by atoms with Gasteiger partial charge in [0.25, 0.3) is 0 Å². The number of hydrogen-bond donors (Lipinski definition) is 2. The van der Waals surface area contributed by atoms with E-state index in [2.05, 4.69) is 5.32 Å². The summed E-state index contributed by atoms with van der Waals surface area (Å²) in [5, 5.41) is 2.95. The number of nitrogens with one attached hydrogen (secondary N) is 1. The van der Waals surface area contributed by atoms with Crippen molar-refractivity contribution in [1.29, 1.82) is 0 Å². The van der Waals surface area contributed by atoms with Crippen LogP contribution >= 0.6 is 0 Å². The second-order valence-electron chi connectivity index (χ2n) is 6.68. The molecule has 0 radical (unpaired) electrons. The molecule has 2 rings (SSSR count). The summed E-state index contributed by atoms with van der Waals surface area (Å²) in [7, 11) is 1.60. The van der Waals surface area contributed by atoms with Gasteiger partial charge in [0.2, 0.25) is 5.91 Å². The lowest BCUT2D eigenvalue weighted by Crippen LogP contribution is -2.44. The fourth-order valence-corrected chi connectivity index (χ4v) is 2.50. The highest BCUT2D eigenvalue weighted by Gasteiger charge is 2.20. The van der Waals surface area contributed by atoms with Crippen LogP contribution in [-0.2, 0) is 11.4 Å². The molecule has 0 spiro atoms. The molecule has 0 aliphatic rings. The average Bonchev–Trinajstić information content (AvgIpc) is 2.66. The van der Waals surface area contributed by atoms with Crippen LogP contribution in [0.1, 0.15) is 37.9 Å².